The van der Waals surface area contributed by atoms with Crippen LogP contribution in [0.1, 0.15) is 11.1 Å². The number of carboxylic acids is 1. The van der Waals surface area contributed by atoms with Crippen LogP contribution in [0.25, 0.3) is 10.8 Å². The van der Waals surface area contributed by atoms with Crippen LogP contribution in [-0.4, -0.2) is 24.4 Å². The maximum atomic E-state index is 10.6. The lowest BCUT2D eigenvalue weighted by molar-refractivity contribution is -0.192. The molecule has 7 heteroatoms. The molecule has 0 fully saturated rings. The molecular formula is C21H20F3NO3. The van der Waals surface area contributed by atoms with Gasteiger partial charge in [-0.1, -0.05) is 60.7 Å². The molecule has 148 valence electrons. The molecule has 0 saturated heterocycles. The van der Waals surface area contributed by atoms with Crippen molar-refractivity contribution in [3.8, 4) is 5.75 Å². The van der Waals surface area contributed by atoms with Gasteiger partial charge in [-0.15, -0.1) is 0 Å². The highest BCUT2D eigenvalue weighted by Crippen LogP contribution is 2.20. The van der Waals surface area contributed by atoms with Crippen molar-refractivity contribution in [1.29, 1.82) is 0 Å². The first-order valence-corrected chi connectivity index (χ1v) is 8.42. The van der Waals surface area contributed by atoms with Crippen LogP contribution >= 0.6 is 0 Å². The molecule has 0 amide bonds. The molecule has 0 unspecified atom stereocenters. The number of para-hydroxylation sites is 1. The number of benzene rings is 3. The molecule has 3 aromatic rings. The van der Waals surface area contributed by atoms with Gasteiger partial charge in [0.25, 0.3) is 0 Å². The molecule has 28 heavy (non-hydrogen) atoms. The summed E-state index contributed by atoms with van der Waals surface area (Å²) in [6.07, 6.45) is -5.08. The van der Waals surface area contributed by atoms with Crippen LogP contribution in [-0.2, 0) is 17.9 Å². The van der Waals surface area contributed by atoms with E-state index in [1.54, 1.807) is 7.11 Å². The minimum Gasteiger partial charge on any atom is -0.496 e. The fraction of sp³-hybridized carbons (Fsp3) is 0.190. The van der Waals surface area contributed by atoms with Crippen molar-refractivity contribution in [2.24, 2.45) is 0 Å². The van der Waals surface area contributed by atoms with Gasteiger partial charge in [-0.25, -0.2) is 4.79 Å². The average molecular weight is 391 g/mol. The fourth-order valence-corrected chi connectivity index (χ4v) is 2.63. The monoisotopic (exact) mass is 391 g/mol. The number of hydrogen-bond donors (Lipinski definition) is 2. The summed E-state index contributed by atoms with van der Waals surface area (Å²) in [4.78, 5) is 8.90. The van der Waals surface area contributed by atoms with Crippen molar-refractivity contribution in [1.82, 2.24) is 5.32 Å². The smallest absolute Gasteiger partial charge is 0.490 e. The zero-order valence-corrected chi connectivity index (χ0v) is 15.2. The fourth-order valence-electron chi connectivity index (χ4n) is 2.63. The normalized spacial score (nSPS) is 10.9. The van der Waals surface area contributed by atoms with Crippen molar-refractivity contribution >= 4 is 16.7 Å². The summed E-state index contributed by atoms with van der Waals surface area (Å²) in [6.45, 7) is 1.65. The van der Waals surface area contributed by atoms with Crippen molar-refractivity contribution in [3.05, 3.63) is 77.9 Å². The van der Waals surface area contributed by atoms with Crippen molar-refractivity contribution < 1.29 is 27.8 Å². The van der Waals surface area contributed by atoms with Crippen molar-refractivity contribution in [3.63, 3.8) is 0 Å². The number of carboxylic acid groups (broad SMARTS) is 1. The summed E-state index contributed by atoms with van der Waals surface area (Å²) in [7, 11) is 1.71. The Morgan fingerprint density at radius 1 is 0.929 bits per heavy atom. The summed E-state index contributed by atoms with van der Waals surface area (Å²) in [6, 6.07) is 23.1. The van der Waals surface area contributed by atoms with E-state index in [9.17, 15) is 13.2 Å². The molecule has 3 aromatic carbocycles. The molecule has 4 nitrogen and oxygen atoms in total. The molecule has 3 rings (SSSR count). The Labute approximate surface area is 160 Å². The first-order chi connectivity index (χ1) is 13.3. The van der Waals surface area contributed by atoms with Gasteiger partial charge in [-0.3, -0.25) is 0 Å². The molecule has 0 aliphatic rings. The number of methoxy groups -OCH3 is 1. The number of nitrogens with one attached hydrogen (secondary N) is 1. The Hall–Kier alpha value is -3.06. The number of aliphatic carboxylic acids is 1. The molecule has 0 aliphatic carbocycles. The van der Waals surface area contributed by atoms with E-state index in [1.807, 2.05) is 18.2 Å². The largest absolute Gasteiger partial charge is 0.496 e. The second-order valence-corrected chi connectivity index (χ2v) is 5.86. The first-order valence-electron chi connectivity index (χ1n) is 8.42. The van der Waals surface area contributed by atoms with E-state index in [0.29, 0.717) is 0 Å². The third-order valence-corrected chi connectivity index (χ3v) is 3.95. The predicted molar refractivity (Wildman–Crippen MR) is 101 cm³/mol. The van der Waals surface area contributed by atoms with Gasteiger partial charge in [0.05, 0.1) is 7.11 Å². The van der Waals surface area contributed by atoms with E-state index >= 15 is 0 Å². The molecule has 0 atom stereocenters. The Morgan fingerprint density at radius 3 is 2.14 bits per heavy atom. The van der Waals surface area contributed by atoms with Crippen LogP contribution in [0.5, 0.6) is 5.75 Å². The van der Waals surface area contributed by atoms with Crippen LogP contribution in [0, 0.1) is 0 Å². The van der Waals surface area contributed by atoms with Crippen molar-refractivity contribution in [2.75, 3.05) is 7.11 Å². The quantitative estimate of drug-likeness (QED) is 0.658. The zero-order chi connectivity index (χ0) is 20.6. The second-order valence-electron chi connectivity index (χ2n) is 5.86. The average Bonchev–Trinajstić information content (AvgIpc) is 2.68. The number of fused-ring (bicyclic) bond motifs is 1. The third-order valence-electron chi connectivity index (χ3n) is 3.95. The maximum absolute atomic E-state index is 10.6. The molecule has 0 aromatic heterocycles. The van der Waals surface area contributed by atoms with E-state index in [-0.39, 0.29) is 0 Å². The molecule has 2 N–H and O–H groups in total. The number of ether oxygens (including phenoxy) is 1. The van der Waals surface area contributed by atoms with Crippen LogP contribution in [0.2, 0.25) is 0 Å². The summed E-state index contributed by atoms with van der Waals surface area (Å²) in [5.74, 6) is -1.82. The lowest BCUT2D eigenvalue weighted by Crippen LogP contribution is -2.21. The minimum atomic E-state index is -5.08. The molecule has 0 aliphatic heterocycles. The highest BCUT2D eigenvalue weighted by atomic mass is 19.4. The predicted octanol–water partition coefficient (Wildman–Crippen LogP) is 4.77. The maximum Gasteiger partial charge on any atom is 0.490 e. The van der Waals surface area contributed by atoms with Gasteiger partial charge >= 0.3 is 12.1 Å². The van der Waals surface area contributed by atoms with Gasteiger partial charge in [-0.05, 0) is 22.4 Å². The minimum absolute atomic E-state index is 0.799. The first kappa shape index (κ1) is 21.2. The Kier molecular flexibility index (Phi) is 7.40. The Bertz CT molecular complexity index is 921. The summed E-state index contributed by atoms with van der Waals surface area (Å²) in [5, 5.41) is 13.2. The standard InChI is InChI=1S/C19H19NO.C2HF3O2/c1-21-19-12-5-3-8-17(19)14-20-13-16-10-6-9-15-7-2-4-11-18(15)16;3-2(4,5)1(6)7/h2-12,20H,13-14H2,1H3;(H,6,7). The van der Waals surface area contributed by atoms with Gasteiger partial charge in [-0.2, -0.15) is 13.2 Å². The van der Waals surface area contributed by atoms with Gasteiger partial charge in [0, 0.05) is 18.7 Å². The van der Waals surface area contributed by atoms with Gasteiger partial charge in [0.15, 0.2) is 0 Å². The molecule has 0 saturated carbocycles. The van der Waals surface area contributed by atoms with E-state index < -0.39 is 12.1 Å². The highest BCUT2D eigenvalue weighted by Gasteiger charge is 2.38. The lowest BCUT2D eigenvalue weighted by atomic mass is 10.0. The topological polar surface area (TPSA) is 58.6 Å². The number of hydrogen-bond acceptors (Lipinski definition) is 3. The number of carbonyl (C=O) groups is 1. The SMILES string of the molecule is COc1ccccc1CNCc1cccc2ccccc12.O=C(O)C(F)(F)F. The Morgan fingerprint density at radius 2 is 1.46 bits per heavy atom. The number of alkyl halides is 3. The van der Waals surface area contributed by atoms with E-state index in [0.717, 1.165) is 18.8 Å². The molecule has 0 bridgehead atoms. The Balaban J connectivity index is 0.000000345. The molecule has 0 heterocycles. The molecule has 0 radical (unpaired) electrons. The molecular weight excluding hydrogens is 371 g/mol. The van der Waals surface area contributed by atoms with Crippen LogP contribution < -0.4 is 10.1 Å². The van der Waals surface area contributed by atoms with Crippen molar-refractivity contribution in [2.45, 2.75) is 19.3 Å². The van der Waals surface area contributed by atoms with Crippen LogP contribution in [0.3, 0.4) is 0 Å². The summed E-state index contributed by atoms with van der Waals surface area (Å²) < 4.78 is 37.1. The van der Waals surface area contributed by atoms with Gasteiger partial charge < -0.3 is 15.2 Å². The van der Waals surface area contributed by atoms with Gasteiger partial charge in [0.1, 0.15) is 5.75 Å². The van der Waals surface area contributed by atoms with Crippen LogP contribution in [0.15, 0.2) is 66.7 Å². The van der Waals surface area contributed by atoms with E-state index in [1.165, 1.54) is 21.9 Å². The second kappa shape index (κ2) is 9.75. The highest BCUT2D eigenvalue weighted by molar-refractivity contribution is 5.85. The van der Waals surface area contributed by atoms with E-state index in [2.05, 4.69) is 53.8 Å². The summed E-state index contributed by atoms with van der Waals surface area (Å²) >= 11 is 0. The summed E-state index contributed by atoms with van der Waals surface area (Å²) in [5.41, 5.74) is 2.50. The third kappa shape index (κ3) is 5.99. The van der Waals surface area contributed by atoms with Crippen LogP contribution in [0.4, 0.5) is 13.2 Å². The lowest BCUT2D eigenvalue weighted by Gasteiger charge is -2.11. The van der Waals surface area contributed by atoms with Gasteiger partial charge in [0.2, 0.25) is 0 Å². The van der Waals surface area contributed by atoms with E-state index in [4.69, 9.17) is 14.6 Å². The number of rotatable bonds is 5. The number of halogens is 3. The zero-order valence-electron chi connectivity index (χ0n) is 15.2. The molecule has 0 spiro atoms.